The first-order chi connectivity index (χ1) is 8.56. The molecule has 2 heterocycles. The highest BCUT2D eigenvalue weighted by Gasteiger charge is 2.32. The molecule has 0 aliphatic carbocycles. The highest BCUT2D eigenvalue weighted by Crippen LogP contribution is 2.14. The van der Waals surface area contributed by atoms with E-state index in [2.05, 4.69) is 24.1 Å². The summed E-state index contributed by atoms with van der Waals surface area (Å²) in [4.78, 5) is 27.6. The van der Waals surface area contributed by atoms with Crippen LogP contribution in [0.5, 0.6) is 0 Å². The Kier molecular flexibility index (Phi) is 4.22. The van der Waals surface area contributed by atoms with Gasteiger partial charge in [-0.05, 0) is 5.92 Å². The van der Waals surface area contributed by atoms with E-state index in [1.165, 1.54) is 0 Å². The van der Waals surface area contributed by atoms with Crippen LogP contribution in [-0.2, 0) is 9.59 Å². The van der Waals surface area contributed by atoms with Crippen molar-refractivity contribution in [1.82, 2.24) is 15.1 Å². The standard InChI is InChI=1S/C13H23N3O2/c1-10(2)9-15-3-5-16(6-4-15)13(18)11-7-12(17)14-8-11/h10-11H,3-9H2,1-2H3,(H,14,17). The van der Waals surface area contributed by atoms with Gasteiger partial charge in [0.25, 0.3) is 0 Å². The van der Waals surface area contributed by atoms with E-state index in [-0.39, 0.29) is 17.7 Å². The van der Waals surface area contributed by atoms with Crippen molar-refractivity contribution in [2.45, 2.75) is 20.3 Å². The minimum absolute atomic E-state index is 0.00629. The first-order valence-electron chi connectivity index (χ1n) is 6.84. The Bertz CT molecular complexity index is 322. The predicted molar refractivity (Wildman–Crippen MR) is 69.0 cm³/mol. The zero-order valence-electron chi connectivity index (χ0n) is 11.3. The molecule has 102 valence electrons. The van der Waals surface area contributed by atoms with E-state index in [0.29, 0.717) is 18.9 Å². The quantitative estimate of drug-likeness (QED) is 0.765. The summed E-state index contributed by atoms with van der Waals surface area (Å²) in [6, 6.07) is 0. The molecule has 0 radical (unpaired) electrons. The number of nitrogens with zero attached hydrogens (tertiary/aromatic N) is 2. The van der Waals surface area contributed by atoms with E-state index < -0.39 is 0 Å². The van der Waals surface area contributed by atoms with Gasteiger partial charge in [-0.3, -0.25) is 14.5 Å². The molecule has 18 heavy (non-hydrogen) atoms. The zero-order valence-corrected chi connectivity index (χ0v) is 11.3. The minimum Gasteiger partial charge on any atom is -0.355 e. The van der Waals surface area contributed by atoms with Crippen molar-refractivity contribution in [3.63, 3.8) is 0 Å². The van der Waals surface area contributed by atoms with Crippen molar-refractivity contribution in [3.8, 4) is 0 Å². The van der Waals surface area contributed by atoms with E-state index in [9.17, 15) is 9.59 Å². The second-order valence-electron chi connectivity index (χ2n) is 5.72. The summed E-state index contributed by atoms with van der Waals surface area (Å²) in [5, 5.41) is 2.73. The van der Waals surface area contributed by atoms with E-state index in [4.69, 9.17) is 0 Å². The molecule has 5 heteroatoms. The average Bonchev–Trinajstić information content (AvgIpc) is 2.75. The summed E-state index contributed by atoms with van der Waals surface area (Å²) in [5.74, 6) is 0.697. The number of nitrogens with one attached hydrogen (secondary N) is 1. The van der Waals surface area contributed by atoms with Crippen LogP contribution in [0.2, 0.25) is 0 Å². The van der Waals surface area contributed by atoms with E-state index >= 15 is 0 Å². The normalized spacial score (nSPS) is 25.6. The highest BCUT2D eigenvalue weighted by atomic mass is 16.2. The van der Waals surface area contributed by atoms with Gasteiger partial charge in [-0.15, -0.1) is 0 Å². The number of carbonyl (C=O) groups excluding carboxylic acids is 2. The van der Waals surface area contributed by atoms with Crippen LogP contribution in [0.4, 0.5) is 0 Å². The molecule has 0 spiro atoms. The van der Waals surface area contributed by atoms with Gasteiger partial charge in [-0.1, -0.05) is 13.8 Å². The topological polar surface area (TPSA) is 52.6 Å². The summed E-state index contributed by atoms with van der Waals surface area (Å²) in [6.45, 7) is 9.57. The molecule has 1 N–H and O–H groups in total. The van der Waals surface area contributed by atoms with Crippen LogP contribution in [0.3, 0.4) is 0 Å². The molecule has 5 nitrogen and oxygen atoms in total. The van der Waals surface area contributed by atoms with Crippen LogP contribution in [0.1, 0.15) is 20.3 Å². The Balaban J connectivity index is 1.79. The lowest BCUT2D eigenvalue weighted by Gasteiger charge is -2.36. The van der Waals surface area contributed by atoms with Crippen molar-refractivity contribution >= 4 is 11.8 Å². The van der Waals surface area contributed by atoms with Crippen LogP contribution in [0.25, 0.3) is 0 Å². The lowest BCUT2D eigenvalue weighted by Crippen LogP contribution is -2.51. The lowest BCUT2D eigenvalue weighted by atomic mass is 10.1. The largest absolute Gasteiger partial charge is 0.355 e. The van der Waals surface area contributed by atoms with Crippen LogP contribution in [0, 0.1) is 11.8 Å². The molecular formula is C13H23N3O2. The Labute approximate surface area is 108 Å². The van der Waals surface area contributed by atoms with Crippen LogP contribution >= 0.6 is 0 Å². The van der Waals surface area contributed by atoms with E-state index in [1.807, 2.05) is 4.90 Å². The molecule has 1 atom stereocenters. The molecule has 2 amide bonds. The molecule has 2 saturated heterocycles. The maximum absolute atomic E-state index is 12.2. The van der Waals surface area contributed by atoms with Gasteiger partial charge < -0.3 is 10.2 Å². The van der Waals surface area contributed by atoms with Gasteiger partial charge in [0.2, 0.25) is 11.8 Å². The third-order valence-electron chi connectivity index (χ3n) is 3.63. The van der Waals surface area contributed by atoms with Crippen molar-refractivity contribution in [2.24, 2.45) is 11.8 Å². The molecule has 0 saturated carbocycles. The Morgan fingerprint density at radius 3 is 2.50 bits per heavy atom. The monoisotopic (exact) mass is 253 g/mol. The summed E-state index contributed by atoms with van der Waals surface area (Å²) in [5.41, 5.74) is 0. The van der Waals surface area contributed by atoms with Gasteiger partial charge in [-0.25, -0.2) is 0 Å². The number of amides is 2. The third kappa shape index (κ3) is 3.22. The van der Waals surface area contributed by atoms with Gasteiger partial charge in [0.15, 0.2) is 0 Å². The van der Waals surface area contributed by atoms with E-state index in [1.54, 1.807) is 0 Å². The Morgan fingerprint density at radius 2 is 2.00 bits per heavy atom. The molecule has 2 fully saturated rings. The van der Waals surface area contributed by atoms with Crippen molar-refractivity contribution in [2.75, 3.05) is 39.3 Å². The van der Waals surface area contributed by atoms with Crippen molar-refractivity contribution in [1.29, 1.82) is 0 Å². The smallest absolute Gasteiger partial charge is 0.228 e. The molecular weight excluding hydrogens is 230 g/mol. The lowest BCUT2D eigenvalue weighted by molar-refractivity contribution is -0.137. The van der Waals surface area contributed by atoms with E-state index in [0.717, 1.165) is 32.7 Å². The number of carbonyl (C=O) groups is 2. The molecule has 2 aliphatic rings. The fraction of sp³-hybridized carbons (Fsp3) is 0.846. The molecule has 0 aromatic heterocycles. The first kappa shape index (κ1) is 13.3. The summed E-state index contributed by atoms with van der Waals surface area (Å²) in [6.07, 6.45) is 0.366. The van der Waals surface area contributed by atoms with Crippen LogP contribution < -0.4 is 5.32 Å². The Morgan fingerprint density at radius 1 is 1.33 bits per heavy atom. The van der Waals surface area contributed by atoms with Gasteiger partial charge in [0, 0.05) is 45.7 Å². The predicted octanol–water partition coefficient (Wildman–Crippen LogP) is -0.0773. The maximum atomic E-state index is 12.2. The average molecular weight is 253 g/mol. The van der Waals surface area contributed by atoms with Gasteiger partial charge in [0.1, 0.15) is 0 Å². The molecule has 2 rings (SSSR count). The molecule has 2 aliphatic heterocycles. The molecule has 1 unspecified atom stereocenters. The molecule has 0 aromatic rings. The molecule has 0 aromatic carbocycles. The Hall–Kier alpha value is -1.10. The number of hydrogen-bond donors (Lipinski definition) is 1. The second-order valence-corrected chi connectivity index (χ2v) is 5.72. The summed E-state index contributed by atoms with van der Waals surface area (Å²) in [7, 11) is 0. The first-order valence-corrected chi connectivity index (χ1v) is 6.84. The fourth-order valence-electron chi connectivity index (χ4n) is 2.71. The number of hydrogen-bond acceptors (Lipinski definition) is 3. The zero-order chi connectivity index (χ0) is 13.1. The second kappa shape index (κ2) is 5.69. The van der Waals surface area contributed by atoms with Gasteiger partial charge in [-0.2, -0.15) is 0 Å². The SMILES string of the molecule is CC(C)CN1CCN(C(=O)C2CNC(=O)C2)CC1. The van der Waals surface area contributed by atoms with Gasteiger partial charge in [0.05, 0.1) is 5.92 Å². The highest BCUT2D eigenvalue weighted by molar-refractivity contribution is 5.89. The van der Waals surface area contributed by atoms with Crippen LogP contribution in [0.15, 0.2) is 0 Å². The number of rotatable bonds is 3. The summed E-state index contributed by atoms with van der Waals surface area (Å²) >= 11 is 0. The summed E-state index contributed by atoms with van der Waals surface area (Å²) < 4.78 is 0. The van der Waals surface area contributed by atoms with Crippen LogP contribution in [-0.4, -0.2) is 60.9 Å². The minimum atomic E-state index is -0.130. The van der Waals surface area contributed by atoms with Crippen molar-refractivity contribution < 1.29 is 9.59 Å². The number of piperazine rings is 1. The fourth-order valence-corrected chi connectivity index (χ4v) is 2.71. The van der Waals surface area contributed by atoms with Gasteiger partial charge >= 0.3 is 0 Å². The third-order valence-corrected chi connectivity index (χ3v) is 3.63. The maximum Gasteiger partial charge on any atom is 0.228 e. The molecule has 0 bridgehead atoms. The van der Waals surface area contributed by atoms with Crippen molar-refractivity contribution in [3.05, 3.63) is 0 Å².